The largest absolute Gasteiger partial charge is 0.469 e. The predicted molar refractivity (Wildman–Crippen MR) is 87.9 cm³/mol. The molecule has 8 heteroatoms. The summed E-state index contributed by atoms with van der Waals surface area (Å²) in [6.07, 6.45) is 1.58. The molecule has 0 radical (unpaired) electrons. The minimum Gasteiger partial charge on any atom is -0.469 e. The Morgan fingerprint density at radius 3 is 2.88 bits per heavy atom. The van der Waals surface area contributed by atoms with Crippen LogP contribution < -0.4 is 5.76 Å². The Kier molecular flexibility index (Phi) is 3.73. The van der Waals surface area contributed by atoms with Gasteiger partial charge >= 0.3 is 5.76 Å². The molecule has 0 fully saturated rings. The Balaban J connectivity index is 1.46. The van der Waals surface area contributed by atoms with Gasteiger partial charge in [-0.25, -0.2) is 4.79 Å². The molecular weight excluding hydrogens is 330 g/mol. The molecular formula is C16H13N3O4S. The average Bonchev–Trinajstić information content (AvgIpc) is 3.27. The summed E-state index contributed by atoms with van der Waals surface area (Å²) in [6, 6.07) is 9.13. The van der Waals surface area contributed by atoms with Crippen LogP contribution >= 0.6 is 11.8 Å². The first-order valence-electron chi connectivity index (χ1n) is 7.31. The first-order chi connectivity index (χ1) is 11.7. The lowest BCUT2D eigenvalue weighted by Gasteiger charge is -1.99. The molecule has 0 amide bonds. The molecule has 0 atom stereocenters. The van der Waals surface area contributed by atoms with Crippen molar-refractivity contribution in [2.75, 3.05) is 5.75 Å². The molecule has 0 N–H and O–H groups in total. The van der Waals surface area contributed by atoms with E-state index in [2.05, 4.69) is 10.2 Å². The van der Waals surface area contributed by atoms with Crippen molar-refractivity contribution in [3.63, 3.8) is 0 Å². The van der Waals surface area contributed by atoms with Gasteiger partial charge in [0.2, 0.25) is 0 Å². The second-order valence-corrected chi connectivity index (χ2v) is 6.15. The summed E-state index contributed by atoms with van der Waals surface area (Å²) in [5, 5.41) is 8.48. The van der Waals surface area contributed by atoms with Gasteiger partial charge in [0.15, 0.2) is 5.58 Å². The highest BCUT2D eigenvalue weighted by molar-refractivity contribution is 7.99. The molecule has 0 saturated heterocycles. The van der Waals surface area contributed by atoms with Gasteiger partial charge in [-0.1, -0.05) is 23.9 Å². The fourth-order valence-corrected chi connectivity index (χ4v) is 3.12. The van der Waals surface area contributed by atoms with Gasteiger partial charge in [0, 0.05) is 12.3 Å². The van der Waals surface area contributed by atoms with Crippen molar-refractivity contribution >= 4 is 22.9 Å². The van der Waals surface area contributed by atoms with Gasteiger partial charge in [-0.2, -0.15) is 0 Å². The number of rotatable bonds is 5. The van der Waals surface area contributed by atoms with E-state index in [-0.39, 0.29) is 5.76 Å². The second-order valence-electron chi connectivity index (χ2n) is 5.10. The molecule has 0 saturated carbocycles. The highest BCUT2D eigenvalue weighted by atomic mass is 32.2. The smallest absolute Gasteiger partial charge is 0.419 e. The number of hydrogen-bond donors (Lipinski definition) is 0. The summed E-state index contributed by atoms with van der Waals surface area (Å²) in [6.45, 7) is 2.33. The standard InChI is InChI=1S/C16H13N3O4S/c1-10-11(6-8-21-10)14-17-18-15(23-14)24-9-7-19-12-4-2-3-5-13(12)22-16(19)20/h2-6,8H,7,9H2,1H3. The Morgan fingerprint density at radius 1 is 1.17 bits per heavy atom. The van der Waals surface area contributed by atoms with E-state index in [9.17, 15) is 4.79 Å². The van der Waals surface area contributed by atoms with Gasteiger partial charge in [-0.3, -0.25) is 4.57 Å². The maximum absolute atomic E-state index is 11.9. The molecule has 0 aliphatic carbocycles. The molecule has 1 aromatic carbocycles. The second kappa shape index (κ2) is 6.04. The number of aromatic nitrogens is 3. The maximum Gasteiger partial charge on any atom is 0.419 e. The van der Waals surface area contributed by atoms with Crippen LogP contribution in [-0.2, 0) is 6.54 Å². The van der Waals surface area contributed by atoms with Crippen molar-refractivity contribution in [1.29, 1.82) is 0 Å². The third-order valence-electron chi connectivity index (χ3n) is 3.61. The quantitative estimate of drug-likeness (QED) is 0.514. The summed E-state index contributed by atoms with van der Waals surface area (Å²) in [4.78, 5) is 11.9. The Bertz CT molecular complexity index is 1040. The molecule has 7 nitrogen and oxygen atoms in total. The Hall–Kier alpha value is -2.74. The molecule has 0 spiro atoms. The molecule has 4 aromatic rings. The van der Waals surface area contributed by atoms with E-state index in [1.165, 1.54) is 11.8 Å². The molecule has 0 bridgehead atoms. The first-order valence-corrected chi connectivity index (χ1v) is 8.30. The van der Waals surface area contributed by atoms with Crippen LogP contribution in [0.1, 0.15) is 5.76 Å². The third-order valence-corrected chi connectivity index (χ3v) is 4.41. The van der Waals surface area contributed by atoms with Crippen LogP contribution in [0.2, 0.25) is 0 Å². The SMILES string of the molecule is Cc1occc1-c1nnc(SCCn2c(=O)oc3ccccc32)o1. The molecule has 122 valence electrons. The number of para-hydroxylation sites is 2. The van der Waals surface area contributed by atoms with Gasteiger partial charge in [-0.05, 0) is 25.1 Å². The van der Waals surface area contributed by atoms with E-state index in [0.29, 0.717) is 29.0 Å². The number of fused-ring (bicyclic) bond motifs is 1. The molecule has 0 aliphatic rings. The van der Waals surface area contributed by atoms with E-state index >= 15 is 0 Å². The third kappa shape index (κ3) is 2.65. The van der Waals surface area contributed by atoms with Crippen LogP contribution in [0, 0.1) is 6.92 Å². The van der Waals surface area contributed by atoms with Crippen molar-refractivity contribution in [3.8, 4) is 11.5 Å². The molecule has 24 heavy (non-hydrogen) atoms. The number of oxazole rings is 1. The highest BCUT2D eigenvalue weighted by Gasteiger charge is 2.14. The molecule has 0 aliphatic heterocycles. The average molecular weight is 343 g/mol. The molecule has 4 rings (SSSR count). The van der Waals surface area contributed by atoms with Crippen molar-refractivity contribution in [2.45, 2.75) is 18.7 Å². The summed E-state index contributed by atoms with van der Waals surface area (Å²) in [7, 11) is 0. The van der Waals surface area contributed by atoms with Crippen molar-refractivity contribution in [2.24, 2.45) is 0 Å². The highest BCUT2D eigenvalue weighted by Crippen LogP contribution is 2.26. The summed E-state index contributed by atoms with van der Waals surface area (Å²) in [5.74, 6) is 1.40. The topological polar surface area (TPSA) is 87.2 Å². The number of aryl methyl sites for hydroxylation is 2. The van der Waals surface area contributed by atoms with Crippen LogP contribution in [0.5, 0.6) is 0 Å². The van der Waals surface area contributed by atoms with Gasteiger partial charge in [0.1, 0.15) is 5.76 Å². The van der Waals surface area contributed by atoms with E-state index in [4.69, 9.17) is 13.3 Å². The molecule has 3 heterocycles. The zero-order valence-corrected chi connectivity index (χ0v) is 13.6. The summed E-state index contributed by atoms with van der Waals surface area (Å²) < 4.78 is 17.6. The Morgan fingerprint density at radius 2 is 2.04 bits per heavy atom. The van der Waals surface area contributed by atoms with Crippen LogP contribution in [0.3, 0.4) is 0 Å². The monoisotopic (exact) mass is 343 g/mol. The van der Waals surface area contributed by atoms with Crippen LogP contribution in [0.15, 0.2) is 59.9 Å². The number of nitrogens with zero attached hydrogens (tertiary/aromatic N) is 3. The lowest BCUT2D eigenvalue weighted by Crippen LogP contribution is -2.15. The van der Waals surface area contributed by atoms with E-state index in [1.807, 2.05) is 25.1 Å². The van der Waals surface area contributed by atoms with Crippen molar-refractivity contribution < 1.29 is 13.3 Å². The van der Waals surface area contributed by atoms with Gasteiger partial charge < -0.3 is 13.3 Å². The van der Waals surface area contributed by atoms with Crippen LogP contribution in [-0.4, -0.2) is 20.5 Å². The zero-order chi connectivity index (χ0) is 16.5. The molecule has 0 unspecified atom stereocenters. The minimum atomic E-state index is -0.364. The Labute approximate surface area is 140 Å². The van der Waals surface area contributed by atoms with Gasteiger partial charge in [-0.15, -0.1) is 10.2 Å². The fourth-order valence-electron chi connectivity index (χ4n) is 2.43. The van der Waals surface area contributed by atoms with E-state index < -0.39 is 0 Å². The normalized spacial score (nSPS) is 11.4. The predicted octanol–water partition coefficient (Wildman–Crippen LogP) is 3.34. The van der Waals surface area contributed by atoms with Gasteiger partial charge in [0.25, 0.3) is 11.1 Å². The van der Waals surface area contributed by atoms with Crippen molar-refractivity contribution in [1.82, 2.24) is 14.8 Å². The lowest BCUT2D eigenvalue weighted by atomic mass is 10.3. The van der Waals surface area contributed by atoms with E-state index in [0.717, 1.165) is 16.8 Å². The number of thioether (sulfide) groups is 1. The summed E-state index contributed by atoms with van der Waals surface area (Å²) in [5.41, 5.74) is 2.15. The number of benzene rings is 1. The number of hydrogen-bond acceptors (Lipinski definition) is 7. The maximum atomic E-state index is 11.9. The fraction of sp³-hybridized carbons (Fsp3) is 0.188. The van der Waals surface area contributed by atoms with Crippen molar-refractivity contribution in [3.05, 3.63) is 52.9 Å². The summed E-state index contributed by atoms with van der Waals surface area (Å²) >= 11 is 1.39. The van der Waals surface area contributed by atoms with E-state index in [1.54, 1.807) is 23.0 Å². The van der Waals surface area contributed by atoms with Crippen LogP contribution in [0.4, 0.5) is 0 Å². The first kappa shape index (κ1) is 14.8. The van der Waals surface area contributed by atoms with Crippen LogP contribution in [0.25, 0.3) is 22.6 Å². The lowest BCUT2D eigenvalue weighted by molar-refractivity contribution is 0.462. The zero-order valence-electron chi connectivity index (χ0n) is 12.8. The minimum absolute atomic E-state index is 0.364. The number of furan rings is 1. The molecule has 3 aromatic heterocycles. The van der Waals surface area contributed by atoms with Gasteiger partial charge in [0.05, 0.1) is 17.3 Å².